The van der Waals surface area contributed by atoms with Crippen molar-refractivity contribution in [1.29, 1.82) is 0 Å². The molecule has 2 nitrogen and oxygen atoms in total. The Labute approximate surface area is 60.6 Å². The summed E-state index contributed by atoms with van der Waals surface area (Å²) in [5.74, 6) is 1.69. The van der Waals surface area contributed by atoms with Gasteiger partial charge in [-0.1, -0.05) is 13.0 Å². The van der Waals surface area contributed by atoms with Crippen molar-refractivity contribution < 1.29 is 9.90 Å². The molecule has 0 radical (unpaired) electrons. The van der Waals surface area contributed by atoms with E-state index >= 15 is 0 Å². The van der Waals surface area contributed by atoms with E-state index in [0.29, 0.717) is 6.42 Å². The van der Waals surface area contributed by atoms with Gasteiger partial charge < -0.3 is 5.11 Å². The predicted octanol–water partition coefficient (Wildman–Crippen LogP) is 1.29. The first kappa shape index (κ1) is 8.77. The van der Waals surface area contributed by atoms with Gasteiger partial charge in [0.1, 0.15) is 0 Å². The van der Waals surface area contributed by atoms with Crippen LogP contribution >= 0.6 is 0 Å². The zero-order valence-corrected chi connectivity index (χ0v) is 5.87. The lowest BCUT2D eigenvalue weighted by Gasteiger charge is -1.94. The molecule has 1 N–H and O–H groups in total. The molecule has 1 unspecified atom stereocenters. The SMILES string of the molecule is C#CC(C)C/C=C/C(=O)O. The fourth-order valence-corrected chi connectivity index (χ4v) is 0.441. The number of hydrogen-bond acceptors (Lipinski definition) is 1. The van der Waals surface area contributed by atoms with Crippen molar-refractivity contribution in [3.63, 3.8) is 0 Å². The van der Waals surface area contributed by atoms with Crippen LogP contribution in [0.1, 0.15) is 13.3 Å². The van der Waals surface area contributed by atoms with Gasteiger partial charge in [0.2, 0.25) is 0 Å². The maximum absolute atomic E-state index is 9.93. The Hall–Kier alpha value is -1.23. The lowest BCUT2D eigenvalue weighted by atomic mass is 10.1. The monoisotopic (exact) mass is 138 g/mol. The van der Waals surface area contributed by atoms with Gasteiger partial charge in [-0.25, -0.2) is 4.79 Å². The smallest absolute Gasteiger partial charge is 0.327 e. The van der Waals surface area contributed by atoms with Crippen LogP contribution in [0.3, 0.4) is 0 Å². The first-order chi connectivity index (χ1) is 4.66. The molecule has 0 aromatic carbocycles. The standard InChI is InChI=1S/C8H10O2/c1-3-7(2)5-4-6-8(9)10/h1,4,6-7H,5H2,2H3,(H,9,10)/b6-4+. The molecule has 10 heavy (non-hydrogen) atoms. The zero-order valence-electron chi connectivity index (χ0n) is 5.87. The number of hydrogen-bond donors (Lipinski definition) is 1. The molecule has 0 amide bonds. The number of carbonyl (C=O) groups is 1. The molecule has 0 aliphatic heterocycles. The van der Waals surface area contributed by atoms with Gasteiger partial charge in [0.15, 0.2) is 0 Å². The molecule has 0 aliphatic carbocycles. The quantitative estimate of drug-likeness (QED) is 0.471. The number of rotatable bonds is 3. The minimum absolute atomic E-state index is 0.121. The maximum atomic E-state index is 9.93. The van der Waals surface area contributed by atoms with Gasteiger partial charge >= 0.3 is 5.97 Å². The average molecular weight is 138 g/mol. The molecule has 0 bridgehead atoms. The Morgan fingerprint density at radius 2 is 2.50 bits per heavy atom. The summed E-state index contributed by atoms with van der Waals surface area (Å²) >= 11 is 0. The Kier molecular flexibility index (Phi) is 4.06. The van der Waals surface area contributed by atoms with Crippen molar-refractivity contribution in [2.75, 3.05) is 0 Å². The summed E-state index contributed by atoms with van der Waals surface area (Å²) in [6, 6.07) is 0. The Bertz CT molecular complexity index is 174. The molecule has 0 saturated heterocycles. The summed E-state index contributed by atoms with van der Waals surface area (Å²) in [7, 11) is 0. The number of allylic oxidation sites excluding steroid dienone is 1. The van der Waals surface area contributed by atoms with Gasteiger partial charge in [-0.3, -0.25) is 0 Å². The van der Waals surface area contributed by atoms with E-state index in [-0.39, 0.29) is 5.92 Å². The second-order valence-corrected chi connectivity index (χ2v) is 2.04. The van der Waals surface area contributed by atoms with Crippen LogP contribution in [0.2, 0.25) is 0 Å². The van der Waals surface area contributed by atoms with Crippen molar-refractivity contribution in [1.82, 2.24) is 0 Å². The molecule has 0 aromatic heterocycles. The summed E-state index contributed by atoms with van der Waals surface area (Å²) in [4.78, 5) is 9.93. The molecule has 0 aliphatic rings. The fraction of sp³-hybridized carbons (Fsp3) is 0.375. The van der Waals surface area contributed by atoms with E-state index < -0.39 is 5.97 Å². The van der Waals surface area contributed by atoms with Crippen LogP contribution in [0, 0.1) is 18.3 Å². The highest BCUT2D eigenvalue weighted by Gasteiger charge is 1.91. The molecular weight excluding hydrogens is 128 g/mol. The summed E-state index contributed by atoms with van der Waals surface area (Å²) in [5.41, 5.74) is 0. The maximum Gasteiger partial charge on any atom is 0.327 e. The van der Waals surface area contributed by atoms with Crippen LogP contribution in [0.15, 0.2) is 12.2 Å². The first-order valence-electron chi connectivity index (χ1n) is 3.02. The molecule has 54 valence electrons. The number of terminal acetylenes is 1. The van der Waals surface area contributed by atoms with Gasteiger partial charge in [0.05, 0.1) is 0 Å². The van der Waals surface area contributed by atoms with Crippen molar-refractivity contribution in [2.45, 2.75) is 13.3 Å². The van der Waals surface area contributed by atoms with E-state index in [9.17, 15) is 4.79 Å². The molecule has 2 heteroatoms. The molecule has 0 saturated carbocycles. The van der Waals surface area contributed by atoms with Crippen molar-refractivity contribution in [3.05, 3.63) is 12.2 Å². The summed E-state index contributed by atoms with van der Waals surface area (Å²) in [6.45, 7) is 1.87. The molecule has 1 atom stereocenters. The van der Waals surface area contributed by atoms with E-state index in [1.165, 1.54) is 0 Å². The summed E-state index contributed by atoms with van der Waals surface area (Å²) < 4.78 is 0. The molecular formula is C8H10O2. The van der Waals surface area contributed by atoms with E-state index in [4.69, 9.17) is 11.5 Å². The van der Waals surface area contributed by atoms with E-state index in [1.54, 1.807) is 6.08 Å². The van der Waals surface area contributed by atoms with E-state index in [0.717, 1.165) is 6.08 Å². The normalized spacial score (nSPS) is 12.8. The Morgan fingerprint density at radius 1 is 1.90 bits per heavy atom. The van der Waals surface area contributed by atoms with Crippen LogP contribution in [-0.4, -0.2) is 11.1 Å². The van der Waals surface area contributed by atoms with Crippen LogP contribution in [0.25, 0.3) is 0 Å². The Balaban J connectivity index is 3.56. The molecule has 0 spiro atoms. The lowest BCUT2D eigenvalue weighted by Crippen LogP contribution is -1.89. The highest BCUT2D eigenvalue weighted by molar-refractivity contribution is 5.79. The number of aliphatic carboxylic acids is 1. The molecule has 0 aromatic rings. The van der Waals surface area contributed by atoms with Gasteiger partial charge in [-0.2, -0.15) is 0 Å². The average Bonchev–Trinajstić information content (AvgIpc) is 1.87. The minimum atomic E-state index is -0.927. The predicted molar refractivity (Wildman–Crippen MR) is 39.4 cm³/mol. The van der Waals surface area contributed by atoms with Crippen molar-refractivity contribution >= 4 is 5.97 Å². The second-order valence-electron chi connectivity index (χ2n) is 2.04. The minimum Gasteiger partial charge on any atom is -0.478 e. The van der Waals surface area contributed by atoms with Crippen molar-refractivity contribution in [2.24, 2.45) is 5.92 Å². The summed E-state index contributed by atoms with van der Waals surface area (Å²) in [5, 5.41) is 8.16. The third-order valence-corrected chi connectivity index (χ3v) is 1.03. The molecule has 0 heterocycles. The highest BCUT2D eigenvalue weighted by Crippen LogP contribution is 1.99. The number of carboxylic acid groups (broad SMARTS) is 1. The van der Waals surface area contributed by atoms with E-state index in [1.807, 2.05) is 6.92 Å². The van der Waals surface area contributed by atoms with Gasteiger partial charge in [0.25, 0.3) is 0 Å². The zero-order chi connectivity index (χ0) is 7.98. The van der Waals surface area contributed by atoms with Crippen molar-refractivity contribution in [3.8, 4) is 12.3 Å². The van der Waals surface area contributed by atoms with Gasteiger partial charge in [0, 0.05) is 12.0 Å². The summed E-state index contributed by atoms with van der Waals surface area (Å²) in [6.07, 6.45) is 8.35. The lowest BCUT2D eigenvalue weighted by molar-refractivity contribution is -0.131. The second kappa shape index (κ2) is 4.63. The van der Waals surface area contributed by atoms with Crippen LogP contribution in [-0.2, 0) is 4.79 Å². The van der Waals surface area contributed by atoms with Crippen LogP contribution in [0.4, 0.5) is 0 Å². The highest BCUT2D eigenvalue weighted by atomic mass is 16.4. The number of carboxylic acids is 1. The Morgan fingerprint density at radius 3 is 2.90 bits per heavy atom. The van der Waals surface area contributed by atoms with Gasteiger partial charge in [-0.05, 0) is 6.42 Å². The van der Waals surface area contributed by atoms with E-state index in [2.05, 4.69) is 5.92 Å². The fourth-order valence-electron chi connectivity index (χ4n) is 0.441. The molecule has 0 fully saturated rings. The third kappa shape index (κ3) is 4.92. The third-order valence-electron chi connectivity index (χ3n) is 1.03. The molecule has 0 rings (SSSR count). The first-order valence-corrected chi connectivity index (χ1v) is 3.02. The van der Waals surface area contributed by atoms with Gasteiger partial charge in [-0.15, -0.1) is 12.3 Å². The topological polar surface area (TPSA) is 37.3 Å². The van der Waals surface area contributed by atoms with Crippen LogP contribution < -0.4 is 0 Å². The largest absolute Gasteiger partial charge is 0.478 e. The van der Waals surface area contributed by atoms with Crippen LogP contribution in [0.5, 0.6) is 0 Å².